The number of benzene rings is 2. The molecule has 0 saturated carbocycles. The summed E-state index contributed by atoms with van der Waals surface area (Å²) in [5.74, 6) is 0. The van der Waals surface area contributed by atoms with Crippen LogP contribution in [0.15, 0.2) is 54.6 Å². The maximum absolute atomic E-state index is 14.5. The molecule has 0 aromatic heterocycles. The molecule has 2 aromatic carbocycles. The summed E-state index contributed by atoms with van der Waals surface area (Å²) in [5.41, 5.74) is 2.16. The maximum Gasteiger partial charge on any atom is 0.184 e. The Morgan fingerprint density at radius 1 is 0.895 bits per heavy atom. The highest BCUT2D eigenvalue weighted by Crippen LogP contribution is 2.30. The third-order valence-electron chi connectivity index (χ3n) is 3.19. The number of ether oxygens (including phenoxy) is 2. The minimum absolute atomic E-state index is 0.358. The lowest BCUT2D eigenvalue weighted by atomic mass is 10.0. The van der Waals surface area contributed by atoms with Gasteiger partial charge in [-0.15, -0.1) is 0 Å². The van der Waals surface area contributed by atoms with Gasteiger partial charge in [0.2, 0.25) is 0 Å². The predicted octanol–water partition coefficient (Wildman–Crippen LogP) is 3.79. The van der Waals surface area contributed by atoms with Crippen molar-refractivity contribution in [2.45, 2.75) is 12.5 Å². The first-order chi connectivity index (χ1) is 9.34. The summed E-state index contributed by atoms with van der Waals surface area (Å²) in [5, 5.41) is 0. The average molecular weight is 258 g/mol. The van der Waals surface area contributed by atoms with Crippen molar-refractivity contribution in [1.29, 1.82) is 0 Å². The van der Waals surface area contributed by atoms with E-state index in [0.29, 0.717) is 24.3 Å². The van der Waals surface area contributed by atoms with E-state index < -0.39 is 6.17 Å². The van der Waals surface area contributed by atoms with Crippen LogP contribution in [0.4, 0.5) is 4.39 Å². The van der Waals surface area contributed by atoms with Gasteiger partial charge < -0.3 is 9.47 Å². The van der Waals surface area contributed by atoms with Crippen molar-refractivity contribution in [2.75, 3.05) is 13.2 Å². The van der Waals surface area contributed by atoms with Gasteiger partial charge in [0.05, 0.1) is 13.2 Å². The molecule has 3 heteroatoms. The van der Waals surface area contributed by atoms with E-state index in [4.69, 9.17) is 9.47 Å². The smallest absolute Gasteiger partial charge is 0.184 e. The third kappa shape index (κ3) is 2.67. The van der Waals surface area contributed by atoms with Gasteiger partial charge >= 0.3 is 0 Å². The molecule has 1 unspecified atom stereocenters. The highest BCUT2D eigenvalue weighted by atomic mass is 19.1. The summed E-state index contributed by atoms with van der Waals surface area (Å²) in [6.45, 7) is 1.18. The van der Waals surface area contributed by atoms with Crippen LogP contribution < -0.4 is 0 Å². The van der Waals surface area contributed by atoms with E-state index in [1.54, 1.807) is 18.2 Å². The summed E-state index contributed by atoms with van der Waals surface area (Å²) in [4.78, 5) is 0. The first kappa shape index (κ1) is 12.3. The number of halogens is 1. The molecule has 0 radical (unpaired) electrons. The summed E-state index contributed by atoms with van der Waals surface area (Å²) < 4.78 is 25.3. The van der Waals surface area contributed by atoms with Crippen LogP contribution in [0.1, 0.15) is 29.2 Å². The fourth-order valence-corrected chi connectivity index (χ4v) is 2.23. The largest absolute Gasteiger partial charge is 0.346 e. The monoisotopic (exact) mass is 258 g/mol. The highest BCUT2D eigenvalue weighted by molar-refractivity contribution is 5.33. The first-order valence-corrected chi connectivity index (χ1v) is 6.37. The first-order valence-electron chi connectivity index (χ1n) is 6.37. The molecule has 1 heterocycles. The maximum atomic E-state index is 14.5. The van der Waals surface area contributed by atoms with Crippen LogP contribution in [0.5, 0.6) is 0 Å². The van der Waals surface area contributed by atoms with Crippen molar-refractivity contribution in [3.63, 3.8) is 0 Å². The van der Waals surface area contributed by atoms with Crippen LogP contribution in [-0.2, 0) is 9.47 Å². The van der Waals surface area contributed by atoms with E-state index in [-0.39, 0.29) is 6.29 Å². The van der Waals surface area contributed by atoms with Crippen LogP contribution in [-0.4, -0.2) is 13.2 Å². The van der Waals surface area contributed by atoms with Gasteiger partial charge in [0, 0.05) is 5.56 Å². The van der Waals surface area contributed by atoms with Gasteiger partial charge in [-0.1, -0.05) is 48.5 Å². The molecule has 3 rings (SSSR count). The van der Waals surface area contributed by atoms with Crippen molar-refractivity contribution in [2.24, 2.45) is 0 Å². The summed E-state index contributed by atoms with van der Waals surface area (Å²) in [6, 6.07) is 16.5. The second-order valence-electron chi connectivity index (χ2n) is 4.52. The fourth-order valence-electron chi connectivity index (χ4n) is 2.23. The average Bonchev–Trinajstić information content (AvgIpc) is 3.02. The zero-order valence-electron chi connectivity index (χ0n) is 10.5. The molecule has 1 aliphatic heterocycles. The van der Waals surface area contributed by atoms with Crippen molar-refractivity contribution in [3.8, 4) is 0 Å². The molecule has 1 saturated heterocycles. The number of alkyl halides is 1. The van der Waals surface area contributed by atoms with Crippen LogP contribution in [0, 0.1) is 0 Å². The zero-order chi connectivity index (χ0) is 13.1. The van der Waals surface area contributed by atoms with Gasteiger partial charge in [-0.05, 0) is 17.2 Å². The van der Waals surface area contributed by atoms with Crippen LogP contribution in [0.3, 0.4) is 0 Å². The van der Waals surface area contributed by atoms with Crippen molar-refractivity contribution in [3.05, 3.63) is 71.3 Å². The van der Waals surface area contributed by atoms with Gasteiger partial charge in [-0.3, -0.25) is 0 Å². The molecule has 1 aliphatic rings. The van der Waals surface area contributed by atoms with E-state index in [0.717, 1.165) is 5.56 Å². The Hall–Kier alpha value is -1.71. The normalized spacial score (nSPS) is 17.5. The van der Waals surface area contributed by atoms with Crippen LogP contribution >= 0.6 is 0 Å². The molecule has 98 valence electrons. The summed E-state index contributed by atoms with van der Waals surface area (Å²) >= 11 is 0. The van der Waals surface area contributed by atoms with Crippen molar-refractivity contribution in [1.82, 2.24) is 0 Å². The zero-order valence-corrected chi connectivity index (χ0v) is 10.5. The second-order valence-corrected chi connectivity index (χ2v) is 4.52. The van der Waals surface area contributed by atoms with Gasteiger partial charge in [0.1, 0.15) is 0 Å². The molecule has 0 bridgehead atoms. The molecule has 2 aromatic rings. The number of rotatable bonds is 3. The van der Waals surface area contributed by atoms with E-state index in [9.17, 15) is 4.39 Å². The van der Waals surface area contributed by atoms with Gasteiger partial charge in [-0.2, -0.15) is 0 Å². The molecular formula is C16H15FO2. The Labute approximate surface area is 111 Å². The van der Waals surface area contributed by atoms with Crippen molar-refractivity contribution >= 4 is 0 Å². The lowest BCUT2D eigenvalue weighted by molar-refractivity contribution is -0.0441. The van der Waals surface area contributed by atoms with Crippen molar-refractivity contribution < 1.29 is 13.9 Å². The summed E-state index contributed by atoms with van der Waals surface area (Å²) in [7, 11) is 0. The molecule has 1 fully saturated rings. The van der Waals surface area contributed by atoms with Gasteiger partial charge in [0.15, 0.2) is 12.5 Å². The van der Waals surface area contributed by atoms with Gasteiger partial charge in [-0.25, -0.2) is 4.39 Å². The Bertz CT molecular complexity index is 535. The van der Waals surface area contributed by atoms with Crippen LogP contribution in [0.2, 0.25) is 0 Å². The fraction of sp³-hybridized carbons (Fsp3) is 0.250. The SMILES string of the molecule is FC(c1ccccc1)c1cccc(C2OCCO2)c1. The van der Waals surface area contributed by atoms with E-state index in [1.807, 2.05) is 36.4 Å². The molecule has 0 amide bonds. The second kappa shape index (κ2) is 5.51. The lowest BCUT2D eigenvalue weighted by Crippen LogP contribution is -2.01. The molecule has 1 atom stereocenters. The number of hydrogen-bond donors (Lipinski definition) is 0. The van der Waals surface area contributed by atoms with Gasteiger partial charge in [0.25, 0.3) is 0 Å². The Morgan fingerprint density at radius 3 is 2.32 bits per heavy atom. The molecule has 19 heavy (non-hydrogen) atoms. The standard InChI is InChI=1S/C16H15FO2/c17-15(12-5-2-1-3-6-12)13-7-4-8-14(11-13)16-18-9-10-19-16/h1-8,11,15-16H,9-10H2. The molecule has 2 nitrogen and oxygen atoms in total. The van der Waals surface area contributed by atoms with Crippen LogP contribution in [0.25, 0.3) is 0 Å². The summed E-state index contributed by atoms with van der Waals surface area (Å²) in [6.07, 6.45) is -1.48. The minimum atomic E-state index is -1.12. The Kier molecular flexibility index (Phi) is 3.58. The molecule has 0 aliphatic carbocycles. The third-order valence-corrected chi connectivity index (χ3v) is 3.19. The minimum Gasteiger partial charge on any atom is -0.346 e. The number of hydrogen-bond acceptors (Lipinski definition) is 2. The molecule has 0 spiro atoms. The van der Waals surface area contributed by atoms with E-state index in [1.165, 1.54) is 0 Å². The topological polar surface area (TPSA) is 18.5 Å². The highest BCUT2D eigenvalue weighted by Gasteiger charge is 2.20. The van der Waals surface area contributed by atoms with E-state index >= 15 is 0 Å². The predicted molar refractivity (Wildman–Crippen MR) is 70.5 cm³/mol. The van der Waals surface area contributed by atoms with E-state index in [2.05, 4.69) is 0 Å². The Morgan fingerprint density at radius 2 is 1.58 bits per heavy atom. The lowest BCUT2D eigenvalue weighted by Gasteiger charge is -2.13. The molecular weight excluding hydrogens is 243 g/mol. The quantitative estimate of drug-likeness (QED) is 0.834. The Balaban J connectivity index is 1.86. The molecule has 0 N–H and O–H groups in total.